The van der Waals surface area contributed by atoms with E-state index in [0.29, 0.717) is 11.5 Å². The third kappa shape index (κ3) is 3.54. The Morgan fingerprint density at radius 1 is 1.10 bits per heavy atom. The topological polar surface area (TPSA) is 44.3 Å². The molecule has 6 heteroatoms. The van der Waals surface area contributed by atoms with E-state index in [-0.39, 0.29) is 6.04 Å². The third-order valence-corrected chi connectivity index (χ3v) is 7.04. The molecule has 162 valence electrons. The van der Waals surface area contributed by atoms with Crippen molar-refractivity contribution in [1.82, 2.24) is 9.47 Å². The summed E-state index contributed by atoms with van der Waals surface area (Å²) in [6.07, 6.45) is 12.6. The Morgan fingerprint density at radius 2 is 1.87 bits per heavy atom. The molecule has 2 fully saturated rings. The van der Waals surface area contributed by atoms with Crippen molar-refractivity contribution in [3.63, 3.8) is 0 Å². The minimum atomic E-state index is -0.912. The van der Waals surface area contributed by atoms with E-state index in [1.165, 1.54) is 24.8 Å². The number of alkyl halides is 2. The molecule has 5 rings (SSSR count). The maximum absolute atomic E-state index is 13.7. The number of nitriles is 1. The number of hydrogen-bond acceptors (Lipinski definition) is 3. The van der Waals surface area contributed by atoms with E-state index in [4.69, 9.17) is 0 Å². The summed E-state index contributed by atoms with van der Waals surface area (Å²) in [4.78, 5) is 6.28. The molecular weight excluding hydrogens is 394 g/mol. The van der Waals surface area contributed by atoms with Crippen molar-refractivity contribution >= 4 is 17.1 Å². The first kappa shape index (κ1) is 20.2. The number of aromatic nitrogens is 1. The first-order chi connectivity index (χ1) is 15.3. The number of rotatable bonds is 6. The van der Waals surface area contributed by atoms with Gasteiger partial charge in [0.05, 0.1) is 22.8 Å². The van der Waals surface area contributed by atoms with Crippen LogP contribution in [0.2, 0.25) is 0 Å². The minimum absolute atomic E-state index is 0.278. The van der Waals surface area contributed by atoms with Crippen LogP contribution in [0.15, 0.2) is 35.5 Å². The van der Waals surface area contributed by atoms with Crippen LogP contribution >= 0.6 is 0 Å². The van der Waals surface area contributed by atoms with Gasteiger partial charge in [-0.15, -0.1) is 0 Å². The van der Waals surface area contributed by atoms with Crippen LogP contribution in [-0.4, -0.2) is 35.1 Å². The van der Waals surface area contributed by atoms with Gasteiger partial charge in [0, 0.05) is 23.8 Å². The highest BCUT2D eigenvalue weighted by molar-refractivity contribution is 5.89. The molecule has 31 heavy (non-hydrogen) atoms. The van der Waals surface area contributed by atoms with Crippen molar-refractivity contribution < 1.29 is 8.78 Å². The molecule has 1 aromatic carbocycles. The van der Waals surface area contributed by atoms with Gasteiger partial charge in [0.1, 0.15) is 19.4 Å². The second kappa shape index (κ2) is 8.45. The van der Waals surface area contributed by atoms with Crippen molar-refractivity contribution in [2.24, 2.45) is 4.99 Å². The van der Waals surface area contributed by atoms with Gasteiger partial charge in [-0.3, -0.25) is 4.99 Å². The number of nitrogens with zero attached hydrogens (tertiary/aromatic N) is 4. The van der Waals surface area contributed by atoms with Gasteiger partial charge < -0.3 is 9.47 Å². The van der Waals surface area contributed by atoms with Crippen LogP contribution in [0.5, 0.6) is 0 Å². The number of benzene rings is 1. The summed E-state index contributed by atoms with van der Waals surface area (Å²) >= 11 is 0. The van der Waals surface area contributed by atoms with Gasteiger partial charge in [-0.2, -0.15) is 5.26 Å². The Bertz CT molecular complexity index is 1050. The van der Waals surface area contributed by atoms with Gasteiger partial charge in [-0.1, -0.05) is 31.4 Å². The molecule has 0 saturated heterocycles. The van der Waals surface area contributed by atoms with Crippen LogP contribution in [0.4, 0.5) is 8.78 Å². The van der Waals surface area contributed by atoms with Crippen LogP contribution < -0.4 is 0 Å². The molecule has 4 nitrogen and oxygen atoms in total. The molecule has 2 saturated carbocycles. The number of aliphatic imine (C=N–C) groups is 1. The van der Waals surface area contributed by atoms with Crippen molar-refractivity contribution in [1.29, 1.82) is 5.26 Å². The van der Waals surface area contributed by atoms with E-state index in [1.807, 2.05) is 0 Å². The SMILES string of the molecule is N#Cc1c(C2N=CC=CN2C(CF)CF)n(C2CCCCC2)c2cc(C3CC3)ccc12. The smallest absolute Gasteiger partial charge is 0.163 e. The van der Waals surface area contributed by atoms with E-state index in [9.17, 15) is 14.0 Å². The zero-order valence-corrected chi connectivity index (χ0v) is 17.7. The molecular formula is C25H28F2N4. The van der Waals surface area contributed by atoms with Crippen LogP contribution in [0, 0.1) is 11.3 Å². The summed E-state index contributed by atoms with van der Waals surface area (Å²) in [5.74, 6) is 0.614. The summed E-state index contributed by atoms with van der Waals surface area (Å²) < 4.78 is 29.7. The van der Waals surface area contributed by atoms with E-state index in [2.05, 4.69) is 33.8 Å². The third-order valence-electron chi connectivity index (χ3n) is 7.04. The summed E-state index contributed by atoms with van der Waals surface area (Å²) in [5, 5.41) is 11.1. The average molecular weight is 423 g/mol. The Morgan fingerprint density at radius 3 is 2.55 bits per heavy atom. The molecule has 1 unspecified atom stereocenters. The molecule has 0 radical (unpaired) electrons. The van der Waals surface area contributed by atoms with Crippen LogP contribution in [0.25, 0.3) is 10.9 Å². The standard InChI is InChI=1S/C25H28F2N4/c26-14-20(15-27)30-12-4-11-29-25(30)24-22(16-28)21-10-9-18(17-7-8-17)13-23(21)31(24)19-5-2-1-3-6-19/h4,9-13,17,19-20,25H,1-3,5-8,14-15H2. The Balaban J connectivity index is 1.73. The van der Waals surface area contributed by atoms with Gasteiger partial charge in [0.15, 0.2) is 6.17 Å². The number of halogens is 2. The van der Waals surface area contributed by atoms with Gasteiger partial charge in [-0.05, 0) is 49.3 Å². The van der Waals surface area contributed by atoms with Crippen molar-refractivity contribution in [2.45, 2.75) is 69.1 Å². The molecule has 0 bridgehead atoms. The molecule has 1 aromatic heterocycles. The molecule has 1 atom stereocenters. The molecule has 0 N–H and O–H groups in total. The average Bonchev–Trinajstić information content (AvgIpc) is 3.62. The monoisotopic (exact) mass is 422 g/mol. The lowest BCUT2D eigenvalue weighted by atomic mass is 9.94. The maximum atomic E-state index is 13.7. The summed E-state index contributed by atoms with van der Waals surface area (Å²) in [5.41, 5.74) is 3.77. The molecule has 0 spiro atoms. The molecule has 1 aliphatic heterocycles. The second-order valence-corrected chi connectivity index (χ2v) is 9.01. The Labute approximate surface area is 181 Å². The molecule has 0 amide bonds. The Kier molecular flexibility index (Phi) is 5.52. The molecule has 2 aliphatic carbocycles. The van der Waals surface area contributed by atoms with Crippen molar-refractivity contribution in [2.75, 3.05) is 13.3 Å². The lowest BCUT2D eigenvalue weighted by Gasteiger charge is -2.36. The summed E-state index contributed by atoms with van der Waals surface area (Å²) in [6, 6.07) is 8.25. The number of allylic oxidation sites excluding steroid dienone is 1. The van der Waals surface area contributed by atoms with Crippen molar-refractivity contribution in [3.05, 3.63) is 47.3 Å². The lowest BCUT2D eigenvalue weighted by molar-refractivity contribution is 0.141. The fourth-order valence-electron chi connectivity index (χ4n) is 5.28. The van der Waals surface area contributed by atoms with Gasteiger partial charge in [0.25, 0.3) is 0 Å². The van der Waals surface area contributed by atoms with E-state index < -0.39 is 25.6 Å². The quantitative estimate of drug-likeness (QED) is 0.564. The zero-order valence-electron chi connectivity index (χ0n) is 17.7. The van der Waals surface area contributed by atoms with Crippen LogP contribution in [-0.2, 0) is 0 Å². The van der Waals surface area contributed by atoms with E-state index in [1.54, 1.807) is 23.4 Å². The highest BCUT2D eigenvalue weighted by Crippen LogP contribution is 2.45. The largest absolute Gasteiger partial charge is 0.343 e. The highest BCUT2D eigenvalue weighted by atomic mass is 19.1. The Hall–Kier alpha value is -2.68. The first-order valence-electron chi connectivity index (χ1n) is 11.4. The summed E-state index contributed by atoms with van der Waals surface area (Å²) in [6.45, 7) is -1.60. The predicted octanol–water partition coefficient (Wildman–Crippen LogP) is 6.10. The lowest BCUT2D eigenvalue weighted by Crippen LogP contribution is -2.39. The fraction of sp³-hybridized carbons (Fsp3) is 0.520. The molecule has 2 heterocycles. The van der Waals surface area contributed by atoms with Crippen LogP contribution in [0.1, 0.15) is 79.9 Å². The minimum Gasteiger partial charge on any atom is -0.343 e. The second-order valence-electron chi connectivity index (χ2n) is 9.01. The van der Waals surface area contributed by atoms with Crippen molar-refractivity contribution in [3.8, 4) is 6.07 Å². The number of fused-ring (bicyclic) bond motifs is 1. The summed E-state index contributed by atoms with van der Waals surface area (Å²) in [7, 11) is 0. The van der Waals surface area contributed by atoms with Crippen LogP contribution in [0.3, 0.4) is 0 Å². The maximum Gasteiger partial charge on any atom is 0.163 e. The van der Waals surface area contributed by atoms with Gasteiger partial charge in [-0.25, -0.2) is 8.78 Å². The fourth-order valence-corrected chi connectivity index (χ4v) is 5.28. The number of hydrogen-bond donors (Lipinski definition) is 0. The zero-order chi connectivity index (χ0) is 21.4. The van der Waals surface area contributed by atoms with Gasteiger partial charge >= 0.3 is 0 Å². The molecule has 2 aromatic rings. The molecule has 3 aliphatic rings. The first-order valence-corrected chi connectivity index (χ1v) is 11.4. The van der Waals surface area contributed by atoms with E-state index >= 15 is 0 Å². The highest BCUT2D eigenvalue weighted by Gasteiger charge is 2.35. The predicted molar refractivity (Wildman–Crippen MR) is 119 cm³/mol. The normalized spacial score (nSPS) is 21.9. The van der Waals surface area contributed by atoms with Gasteiger partial charge in [0.2, 0.25) is 0 Å². The van der Waals surface area contributed by atoms with E-state index in [0.717, 1.165) is 42.3 Å².